The Kier molecular flexibility index (Phi) is 6.85. The molecule has 3 N–H and O–H groups in total. The van der Waals surface area contributed by atoms with E-state index in [1.807, 2.05) is 0 Å². The standard InChI is InChI=1S/C27H21Cl2N5O5/c1-15(35)32-34-23(13-30-24(36)14-33-25(37)17-6-2-3-7-18(17)26(33)38)31-22-11-10-16(28)12-20(22)27(34,39)19-8-4-5-9-21(19)29/h2-12,39H,13-14H2,1H3,(H,30,36)(H,32,35). The molecule has 1 atom stereocenters. The third-order valence-corrected chi connectivity index (χ3v) is 6.87. The number of fused-ring (bicyclic) bond motifs is 2. The highest BCUT2D eigenvalue weighted by molar-refractivity contribution is 6.32. The molecule has 0 bridgehead atoms. The molecule has 12 heteroatoms. The fourth-order valence-corrected chi connectivity index (χ4v) is 5.01. The maximum absolute atomic E-state index is 12.9. The Balaban J connectivity index is 1.46. The van der Waals surface area contributed by atoms with Crippen molar-refractivity contribution in [2.45, 2.75) is 12.6 Å². The number of amidine groups is 1. The summed E-state index contributed by atoms with van der Waals surface area (Å²) in [7, 11) is 0. The minimum absolute atomic E-state index is 0.0538. The fraction of sp³-hybridized carbons (Fsp3) is 0.148. The molecule has 2 heterocycles. The van der Waals surface area contributed by atoms with Gasteiger partial charge in [0, 0.05) is 28.1 Å². The SMILES string of the molecule is CC(=O)NN1C(CNC(=O)CN2C(=O)c3ccccc3C2=O)=Nc2ccc(Cl)cc2C1(O)c1ccccc1Cl. The maximum atomic E-state index is 12.9. The van der Waals surface area contributed by atoms with Gasteiger partial charge in [0.05, 0.1) is 23.4 Å². The van der Waals surface area contributed by atoms with Gasteiger partial charge in [-0.15, -0.1) is 0 Å². The average molecular weight is 566 g/mol. The van der Waals surface area contributed by atoms with E-state index >= 15 is 0 Å². The predicted octanol–water partition coefficient (Wildman–Crippen LogP) is 3.00. The second-order valence-electron chi connectivity index (χ2n) is 8.86. The molecule has 0 spiro atoms. The molecule has 2 aliphatic heterocycles. The normalized spacial score (nSPS) is 17.9. The average Bonchev–Trinajstić information content (AvgIpc) is 3.14. The first-order valence-electron chi connectivity index (χ1n) is 11.8. The Morgan fingerprint density at radius 2 is 1.59 bits per heavy atom. The number of carbonyl (C=O) groups is 4. The molecule has 5 rings (SSSR count). The van der Waals surface area contributed by atoms with Crippen molar-refractivity contribution >= 4 is 58.4 Å². The first-order chi connectivity index (χ1) is 18.6. The number of rotatable bonds is 6. The second-order valence-corrected chi connectivity index (χ2v) is 9.71. The van der Waals surface area contributed by atoms with Gasteiger partial charge >= 0.3 is 0 Å². The van der Waals surface area contributed by atoms with Crippen molar-refractivity contribution in [3.63, 3.8) is 0 Å². The van der Waals surface area contributed by atoms with Crippen LogP contribution >= 0.6 is 23.2 Å². The molecule has 0 fully saturated rings. The Hall–Kier alpha value is -4.25. The van der Waals surface area contributed by atoms with Gasteiger partial charge in [0.1, 0.15) is 12.4 Å². The van der Waals surface area contributed by atoms with E-state index < -0.39 is 35.9 Å². The van der Waals surface area contributed by atoms with Crippen molar-refractivity contribution in [1.82, 2.24) is 20.7 Å². The molecular weight excluding hydrogens is 545 g/mol. The summed E-state index contributed by atoms with van der Waals surface area (Å²) >= 11 is 12.7. The van der Waals surface area contributed by atoms with Crippen LogP contribution in [0.4, 0.5) is 5.69 Å². The lowest BCUT2D eigenvalue weighted by Crippen LogP contribution is -2.62. The van der Waals surface area contributed by atoms with Crippen molar-refractivity contribution in [3.05, 3.63) is 99.0 Å². The number of hydrogen-bond donors (Lipinski definition) is 3. The van der Waals surface area contributed by atoms with Crippen LogP contribution in [0, 0.1) is 0 Å². The third-order valence-electron chi connectivity index (χ3n) is 6.31. The van der Waals surface area contributed by atoms with Gasteiger partial charge in [-0.25, -0.2) is 10.0 Å². The van der Waals surface area contributed by atoms with E-state index in [0.29, 0.717) is 10.7 Å². The number of hydrogen-bond acceptors (Lipinski definition) is 7. The van der Waals surface area contributed by atoms with Crippen LogP contribution in [-0.2, 0) is 15.3 Å². The summed E-state index contributed by atoms with van der Waals surface area (Å²) in [4.78, 5) is 55.8. The Bertz CT molecular complexity index is 1540. The summed E-state index contributed by atoms with van der Waals surface area (Å²) in [6.07, 6.45) is 0. The molecule has 198 valence electrons. The summed E-state index contributed by atoms with van der Waals surface area (Å²) in [5.74, 6) is -2.27. The molecule has 2 aliphatic rings. The first-order valence-corrected chi connectivity index (χ1v) is 12.5. The van der Waals surface area contributed by atoms with E-state index in [2.05, 4.69) is 15.7 Å². The summed E-state index contributed by atoms with van der Waals surface area (Å²) < 4.78 is 0. The van der Waals surface area contributed by atoms with Crippen molar-refractivity contribution in [1.29, 1.82) is 0 Å². The minimum atomic E-state index is -2.06. The molecule has 3 aromatic rings. The van der Waals surface area contributed by atoms with Gasteiger partial charge in [0.15, 0.2) is 0 Å². The van der Waals surface area contributed by atoms with Crippen molar-refractivity contribution in [2.24, 2.45) is 4.99 Å². The van der Waals surface area contributed by atoms with E-state index in [1.165, 1.54) is 25.1 Å². The van der Waals surface area contributed by atoms with Crippen molar-refractivity contribution in [3.8, 4) is 0 Å². The van der Waals surface area contributed by atoms with Gasteiger partial charge in [-0.05, 0) is 36.4 Å². The highest BCUT2D eigenvalue weighted by Crippen LogP contribution is 2.44. The molecule has 39 heavy (non-hydrogen) atoms. The van der Waals surface area contributed by atoms with E-state index in [-0.39, 0.29) is 39.7 Å². The first kappa shape index (κ1) is 26.4. The van der Waals surface area contributed by atoms with Gasteiger partial charge in [-0.3, -0.25) is 29.5 Å². The summed E-state index contributed by atoms with van der Waals surface area (Å²) in [6.45, 7) is 0.441. The monoisotopic (exact) mass is 565 g/mol. The zero-order valence-electron chi connectivity index (χ0n) is 20.4. The van der Waals surface area contributed by atoms with Crippen LogP contribution in [0.3, 0.4) is 0 Å². The Morgan fingerprint density at radius 3 is 2.23 bits per heavy atom. The highest BCUT2D eigenvalue weighted by Gasteiger charge is 2.47. The summed E-state index contributed by atoms with van der Waals surface area (Å²) in [5, 5.41) is 16.5. The van der Waals surface area contributed by atoms with Gasteiger partial charge in [-0.2, -0.15) is 0 Å². The summed E-state index contributed by atoms with van der Waals surface area (Å²) in [6, 6.07) is 17.5. The van der Waals surface area contributed by atoms with Gasteiger partial charge in [0.25, 0.3) is 11.8 Å². The topological polar surface area (TPSA) is 131 Å². The Labute approximate surface area is 232 Å². The molecule has 0 saturated carbocycles. The number of nitrogens with one attached hydrogen (secondary N) is 2. The molecule has 0 aliphatic carbocycles. The smallest absolute Gasteiger partial charge is 0.262 e. The van der Waals surface area contributed by atoms with Crippen molar-refractivity contribution in [2.75, 3.05) is 13.1 Å². The number of aliphatic imine (C=N–C) groups is 1. The molecule has 10 nitrogen and oxygen atoms in total. The fourth-order valence-electron chi connectivity index (χ4n) is 4.57. The number of hydrazine groups is 1. The van der Waals surface area contributed by atoms with Crippen LogP contribution in [0.15, 0.2) is 71.7 Å². The summed E-state index contributed by atoms with van der Waals surface area (Å²) in [5.41, 5.74) is 1.77. The molecule has 0 radical (unpaired) electrons. The van der Waals surface area contributed by atoms with Crippen LogP contribution in [0.2, 0.25) is 10.0 Å². The number of halogens is 2. The number of imide groups is 1. The zero-order valence-corrected chi connectivity index (χ0v) is 22.0. The van der Waals surface area contributed by atoms with Crippen LogP contribution < -0.4 is 10.7 Å². The number of amides is 4. The number of nitrogens with zero attached hydrogens (tertiary/aromatic N) is 3. The highest BCUT2D eigenvalue weighted by atomic mass is 35.5. The molecular formula is C27H21Cl2N5O5. The molecule has 0 saturated heterocycles. The van der Waals surface area contributed by atoms with E-state index in [1.54, 1.807) is 48.5 Å². The third kappa shape index (κ3) is 4.63. The van der Waals surface area contributed by atoms with Crippen LogP contribution in [-0.4, -0.2) is 57.6 Å². The lowest BCUT2D eigenvalue weighted by molar-refractivity contribution is -0.132. The van der Waals surface area contributed by atoms with E-state index in [0.717, 1.165) is 9.91 Å². The second kappa shape index (κ2) is 10.1. The maximum Gasteiger partial charge on any atom is 0.262 e. The quantitative estimate of drug-likeness (QED) is 0.394. The lowest BCUT2D eigenvalue weighted by Gasteiger charge is -2.44. The van der Waals surface area contributed by atoms with Crippen LogP contribution in [0.1, 0.15) is 38.8 Å². The lowest BCUT2D eigenvalue weighted by atomic mass is 9.90. The van der Waals surface area contributed by atoms with Crippen LogP contribution in [0.5, 0.6) is 0 Å². The number of aliphatic hydroxyl groups is 1. The molecule has 1 unspecified atom stereocenters. The number of benzene rings is 3. The van der Waals surface area contributed by atoms with Gasteiger partial charge in [0.2, 0.25) is 17.5 Å². The van der Waals surface area contributed by atoms with Crippen molar-refractivity contribution < 1.29 is 24.3 Å². The zero-order chi connectivity index (χ0) is 27.9. The predicted molar refractivity (Wildman–Crippen MR) is 143 cm³/mol. The van der Waals surface area contributed by atoms with Gasteiger partial charge in [-0.1, -0.05) is 53.5 Å². The minimum Gasteiger partial charge on any atom is -0.362 e. The van der Waals surface area contributed by atoms with E-state index in [9.17, 15) is 24.3 Å². The van der Waals surface area contributed by atoms with E-state index in [4.69, 9.17) is 23.2 Å². The molecule has 0 aromatic heterocycles. The Morgan fingerprint density at radius 1 is 0.949 bits per heavy atom. The van der Waals surface area contributed by atoms with Gasteiger partial charge < -0.3 is 10.4 Å². The molecule has 3 aromatic carbocycles. The number of carbonyl (C=O) groups excluding carboxylic acids is 4. The van der Waals surface area contributed by atoms with Crippen LogP contribution in [0.25, 0.3) is 0 Å². The molecule has 4 amide bonds. The largest absolute Gasteiger partial charge is 0.362 e.